The molecule has 0 radical (unpaired) electrons. The second-order valence-corrected chi connectivity index (χ2v) is 10.6. The van der Waals surface area contributed by atoms with Gasteiger partial charge in [-0.15, -0.1) is 0 Å². The lowest BCUT2D eigenvalue weighted by atomic mass is 9.86. The number of benzene rings is 2. The van der Waals surface area contributed by atoms with Crippen LogP contribution in [0.1, 0.15) is 92.2 Å². The Labute approximate surface area is 194 Å². The van der Waals surface area contributed by atoms with Gasteiger partial charge < -0.3 is 0 Å². The average molecular weight is 418 g/mol. The number of hydrogen-bond donors (Lipinski definition) is 0. The third-order valence-electron chi connectivity index (χ3n) is 6.26. The molecule has 0 aliphatic heterocycles. The molecule has 31 heavy (non-hydrogen) atoms. The minimum atomic E-state index is -2.19. The van der Waals surface area contributed by atoms with Crippen LogP contribution >= 0.6 is 0 Å². The summed E-state index contributed by atoms with van der Waals surface area (Å²) in [5.74, 6) is 0.725. The van der Waals surface area contributed by atoms with Crippen molar-refractivity contribution in [2.24, 2.45) is 7.05 Å². The number of aryl methyl sites for hydroxylation is 3. The van der Waals surface area contributed by atoms with E-state index in [4.69, 9.17) is 4.11 Å². The summed E-state index contributed by atoms with van der Waals surface area (Å²) in [7, 11) is 2.07. The summed E-state index contributed by atoms with van der Waals surface area (Å²) in [5, 5.41) is 0. The molecule has 0 amide bonds. The van der Waals surface area contributed by atoms with E-state index in [-0.39, 0.29) is 5.41 Å². The van der Waals surface area contributed by atoms with Crippen molar-refractivity contribution in [1.82, 2.24) is 0 Å². The fraction of sp³-hybridized carbons (Fsp3) is 0.433. The maximum Gasteiger partial charge on any atom is 0.212 e. The van der Waals surface area contributed by atoms with Crippen LogP contribution < -0.4 is 4.57 Å². The van der Waals surface area contributed by atoms with Gasteiger partial charge in [-0.3, -0.25) is 0 Å². The molecule has 0 unspecified atom stereocenters. The van der Waals surface area contributed by atoms with Crippen LogP contribution in [0.2, 0.25) is 0 Å². The molecule has 3 rings (SSSR count). The highest BCUT2D eigenvalue weighted by Crippen LogP contribution is 2.35. The van der Waals surface area contributed by atoms with Crippen molar-refractivity contribution >= 4 is 0 Å². The first-order chi connectivity index (χ1) is 15.6. The summed E-state index contributed by atoms with van der Waals surface area (Å²) in [6.07, 6.45) is 2.18. The number of pyridine rings is 1. The second-order valence-electron chi connectivity index (χ2n) is 10.6. The molecular weight excluding hydrogens is 374 g/mol. The van der Waals surface area contributed by atoms with Crippen molar-refractivity contribution in [3.8, 4) is 22.4 Å². The molecule has 0 aliphatic rings. The average Bonchev–Trinajstić information content (AvgIpc) is 2.72. The third-order valence-corrected chi connectivity index (χ3v) is 6.26. The van der Waals surface area contributed by atoms with Crippen LogP contribution in [0, 0.1) is 13.8 Å². The zero-order chi connectivity index (χ0) is 25.6. The normalized spacial score (nSPS) is 14.0. The van der Waals surface area contributed by atoms with Gasteiger partial charge in [0.2, 0.25) is 5.69 Å². The molecular formula is C30H40N+. The van der Waals surface area contributed by atoms with Gasteiger partial charge in [-0.25, -0.2) is 4.57 Å². The molecule has 0 saturated carbocycles. The SMILES string of the molecule is [2H]C([2H])([2H])c1cc(C)c(-c2ccc(C(C)(C)C)c[n+]2C)cc1-c1cc(C(C)C)cc(C(C)C)c1. The smallest absolute Gasteiger partial charge is 0.201 e. The van der Waals surface area contributed by atoms with E-state index in [1.807, 2.05) is 13.0 Å². The first-order valence-corrected chi connectivity index (χ1v) is 11.4. The first-order valence-electron chi connectivity index (χ1n) is 12.9. The van der Waals surface area contributed by atoms with Gasteiger partial charge in [0.1, 0.15) is 7.05 Å². The van der Waals surface area contributed by atoms with Gasteiger partial charge in [-0.1, -0.05) is 72.7 Å². The highest BCUT2D eigenvalue weighted by atomic mass is 14.9. The van der Waals surface area contributed by atoms with E-state index in [0.29, 0.717) is 17.4 Å². The number of nitrogens with zero attached hydrogens (tertiary/aromatic N) is 1. The Kier molecular flexibility index (Phi) is 5.36. The fourth-order valence-electron chi connectivity index (χ4n) is 4.05. The van der Waals surface area contributed by atoms with E-state index in [9.17, 15) is 0 Å². The van der Waals surface area contributed by atoms with Crippen LogP contribution in [-0.4, -0.2) is 0 Å². The third kappa shape index (κ3) is 4.92. The number of hydrogen-bond acceptors (Lipinski definition) is 0. The minimum absolute atomic E-state index is 0.0617. The lowest BCUT2D eigenvalue weighted by Crippen LogP contribution is -2.33. The zero-order valence-electron chi connectivity index (χ0n) is 23.7. The van der Waals surface area contributed by atoms with Crippen LogP contribution in [0.4, 0.5) is 0 Å². The quantitative estimate of drug-likeness (QED) is 0.378. The van der Waals surface area contributed by atoms with Gasteiger partial charge in [0.25, 0.3) is 0 Å². The number of rotatable bonds is 4. The molecule has 0 aliphatic carbocycles. The second kappa shape index (κ2) is 8.61. The van der Waals surface area contributed by atoms with Crippen LogP contribution in [0.3, 0.4) is 0 Å². The van der Waals surface area contributed by atoms with E-state index in [2.05, 4.69) is 103 Å². The van der Waals surface area contributed by atoms with Crippen LogP contribution in [0.25, 0.3) is 22.4 Å². The molecule has 1 heterocycles. The Morgan fingerprint density at radius 3 is 1.90 bits per heavy atom. The molecule has 2 aromatic carbocycles. The summed E-state index contributed by atoms with van der Waals surface area (Å²) in [4.78, 5) is 0. The lowest BCUT2D eigenvalue weighted by molar-refractivity contribution is -0.661. The highest BCUT2D eigenvalue weighted by molar-refractivity contribution is 5.76. The standard InChI is InChI=1S/C30H40N/c1-19(2)23-14-24(20(3)4)16-25(15-23)27-17-28(22(6)13-21(27)5)29-12-11-26(18-31(29)10)30(7,8)9/h11-20H,1-10H3/q+1/i5D3. The Morgan fingerprint density at radius 1 is 0.806 bits per heavy atom. The highest BCUT2D eigenvalue weighted by Gasteiger charge is 2.21. The Morgan fingerprint density at radius 2 is 1.42 bits per heavy atom. The Hall–Kier alpha value is -2.41. The molecule has 0 spiro atoms. The summed E-state index contributed by atoms with van der Waals surface area (Å²) >= 11 is 0. The van der Waals surface area contributed by atoms with Crippen molar-refractivity contribution in [1.29, 1.82) is 0 Å². The topological polar surface area (TPSA) is 3.88 Å². The van der Waals surface area contributed by atoms with Crippen molar-refractivity contribution in [3.63, 3.8) is 0 Å². The van der Waals surface area contributed by atoms with Gasteiger partial charge >= 0.3 is 0 Å². The summed E-state index contributed by atoms with van der Waals surface area (Å²) in [6, 6.07) is 14.9. The van der Waals surface area contributed by atoms with Crippen molar-refractivity contribution in [3.05, 3.63) is 76.5 Å². The molecule has 164 valence electrons. The molecule has 1 heteroatoms. The molecule has 1 aromatic heterocycles. The van der Waals surface area contributed by atoms with Crippen molar-refractivity contribution < 1.29 is 8.68 Å². The summed E-state index contributed by atoms with van der Waals surface area (Å²) < 4.78 is 27.0. The van der Waals surface area contributed by atoms with Gasteiger partial charge in [0.05, 0.1) is 0 Å². The molecule has 1 nitrogen and oxygen atoms in total. The van der Waals surface area contributed by atoms with E-state index in [1.165, 1.54) is 16.7 Å². The lowest BCUT2D eigenvalue weighted by Gasteiger charge is -2.19. The van der Waals surface area contributed by atoms with Gasteiger partial charge in [0.15, 0.2) is 6.20 Å². The maximum atomic E-state index is 8.28. The van der Waals surface area contributed by atoms with E-state index in [0.717, 1.165) is 27.9 Å². The summed E-state index contributed by atoms with van der Waals surface area (Å²) in [5.41, 5.74) is 9.10. The molecule has 0 fully saturated rings. The van der Waals surface area contributed by atoms with Crippen LogP contribution in [-0.2, 0) is 12.5 Å². The van der Waals surface area contributed by atoms with Crippen molar-refractivity contribution in [2.75, 3.05) is 0 Å². The molecule has 0 atom stereocenters. The monoisotopic (exact) mass is 417 g/mol. The predicted octanol–water partition coefficient (Wildman–Crippen LogP) is 8.01. The van der Waals surface area contributed by atoms with E-state index >= 15 is 0 Å². The predicted molar refractivity (Wildman–Crippen MR) is 135 cm³/mol. The maximum absolute atomic E-state index is 8.28. The first kappa shape index (κ1) is 19.3. The van der Waals surface area contributed by atoms with Gasteiger partial charge in [-0.05, 0) is 76.5 Å². The number of aromatic nitrogens is 1. The molecule has 0 bridgehead atoms. The summed E-state index contributed by atoms with van der Waals surface area (Å²) in [6.45, 7) is 15.2. The van der Waals surface area contributed by atoms with Gasteiger partial charge in [-0.2, -0.15) is 0 Å². The van der Waals surface area contributed by atoms with E-state index in [1.54, 1.807) is 0 Å². The Bertz CT molecular complexity index is 1170. The Balaban J connectivity index is 2.32. The van der Waals surface area contributed by atoms with Gasteiger partial charge in [0, 0.05) is 21.3 Å². The molecule has 0 saturated heterocycles. The van der Waals surface area contributed by atoms with Crippen LogP contribution in [0.5, 0.6) is 0 Å². The van der Waals surface area contributed by atoms with Crippen molar-refractivity contribution in [2.45, 2.75) is 79.5 Å². The fourth-order valence-corrected chi connectivity index (χ4v) is 4.05. The minimum Gasteiger partial charge on any atom is -0.201 e. The molecule has 0 N–H and O–H groups in total. The zero-order valence-corrected chi connectivity index (χ0v) is 20.7. The molecule has 3 aromatic rings. The van der Waals surface area contributed by atoms with Crippen LogP contribution in [0.15, 0.2) is 48.7 Å². The van der Waals surface area contributed by atoms with E-state index < -0.39 is 6.85 Å². The largest absolute Gasteiger partial charge is 0.212 e.